The van der Waals surface area contributed by atoms with E-state index in [-0.39, 0.29) is 5.92 Å². The number of piperidine rings is 1. The number of H-pyrrole nitrogens is 1. The Bertz CT molecular complexity index is 939. The summed E-state index contributed by atoms with van der Waals surface area (Å²) in [6.07, 6.45) is 7.46. The zero-order valence-electron chi connectivity index (χ0n) is 15.9. The molecule has 6 nitrogen and oxygen atoms in total. The molecule has 4 heterocycles. The van der Waals surface area contributed by atoms with Gasteiger partial charge in [-0.1, -0.05) is 30.3 Å². The van der Waals surface area contributed by atoms with Gasteiger partial charge < -0.3 is 9.47 Å². The number of imidazole rings is 1. The van der Waals surface area contributed by atoms with Gasteiger partial charge in [0.25, 0.3) is 0 Å². The van der Waals surface area contributed by atoms with Crippen molar-refractivity contribution < 1.29 is 4.79 Å². The fraction of sp³-hybridized carbons (Fsp3) is 0.409. The summed E-state index contributed by atoms with van der Waals surface area (Å²) in [6, 6.07) is 12.3. The van der Waals surface area contributed by atoms with Crippen molar-refractivity contribution >= 4 is 5.91 Å². The van der Waals surface area contributed by atoms with Crippen LogP contribution < -0.4 is 0 Å². The molecule has 0 aliphatic carbocycles. The maximum atomic E-state index is 13.1. The lowest BCUT2D eigenvalue weighted by Gasteiger charge is -2.35. The number of fused-ring (bicyclic) bond motifs is 1. The molecule has 2 aliphatic rings. The molecule has 1 atom stereocenters. The highest BCUT2D eigenvalue weighted by molar-refractivity contribution is 5.79. The largest absolute Gasteiger partial charge is 0.342 e. The third-order valence-corrected chi connectivity index (χ3v) is 6.24. The first kappa shape index (κ1) is 17.2. The Hall–Kier alpha value is -2.89. The number of aromatic amines is 1. The Morgan fingerprint density at radius 1 is 1.04 bits per heavy atom. The van der Waals surface area contributed by atoms with Crippen LogP contribution in [0.5, 0.6) is 0 Å². The van der Waals surface area contributed by atoms with Gasteiger partial charge in [0.1, 0.15) is 5.82 Å². The average molecular weight is 375 g/mol. The van der Waals surface area contributed by atoms with Crippen LogP contribution in [0, 0.1) is 5.92 Å². The van der Waals surface area contributed by atoms with Crippen LogP contribution >= 0.6 is 0 Å². The number of carbonyl (C=O) groups is 1. The first-order chi connectivity index (χ1) is 13.8. The maximum absolute atomic E-state index is 13.1. The molecule has 2 aliphatic heterocycles. The second kappa shape index (κ2) is 7.26. The van der Waals surface area contributed by atoms with Gasteiger partial charge in [-0.2, -0.15) is 5.10 Å². The molecule has 1 saturated heterocycles. The molecule has 1 aromatic carbocycles. The lowest BCUT2D eigenvalue weighted by atomic mass is 9.90. The third kappa shape index (κ3) is 3.13. The molecule has 0 saturated carbocycles. The van der Waals surface area contributed by atoms with Crippen LogP contribution in [0.2, 0.25) is 0 Å². The fourth-order valence-corrected chi connectivity index (χ4v) is 4.65. The van der Waals surface area contributed by atoms with E-state index in [0.29, 0.717) is 11.8 Å². The average Bonchev–Trinajstić information content (AvgIpc) is 3.44. The molecule has 144 valence electrons. The summed E-state index contributed by atoms with van der Waals surface area (Å²) in [5, 5.41) is 7.13. The van der Waals surface area contributed by atoms with Gasteiger partial charge in [0, 0.05) is 67.2 Å². The quantitative estimate of drug-likeness (QED) is 0.764. The minimum Gasteiger partial charge on any atom is -0.342 e. The van der Waals surface area contributed by atoms with E-state index >= 15 is 0 Å². The molecular formula is C22H25N5O. The van der Waals surface area contributed by atoms with Crippen molar-refractivity contribution in [3.63, 3.8) is 0 Å². The van der Waals surface area contributed by atoms with Crippen molar-refractivity contribution in [3.8, 4) is 11.4 Å². The van der Waals surface area contributed by atoms with Crippen LogP contribution in [-0.2, 0) is 17.8 Å². The van der Waals surface area contributed by atoms with E-state index in [9.17, 15) is 4.79 Å². The maximum Gasteiger partial charge on any atom is 0.226 e. The number of nitrogens with one attached hydrogen (secondary N) is 1. The molecule has 6 heteroatoms. The lowest BCUT2D eigenvalue weighted by Crippen LogP contribution is -2.43. The van der Waals surface area contributed by atoms with Crippen molar-refractivity contribution in [2.24, 2.45) is 5.92 Å². The summed E-state index contributed by atoms with van der Waals surface area (Å²) < 4.78 is 2.28. The molecule has 0 bridgehead atoms. The van der Waals surface area contributed by atoms with Crippen molar-refractivity contribution in [2.75, 3.05) is 13.1 Å². The lowest BCUT2D eigenvalue weighted by molar-refractivity contribution is -0.137. The third-order valence-electron chi connectivity index (χ3n) is 6.24. The number of aromatic nitrogens is 4. The molecule has 0 spiro atoms. The van der Waals surface area contributed by atoms with Crippen LogP contribution in [0.1, 0.15) is 36.6 Å². The number of amides is 1. The smallest absolute Gasteiger partial charge is 0.226 e. The van der Waals surface area contributed by atoms with Gasteiger partial charge in [-0.25, -0.2) is 4.98 Å². The molecule has 5 rings (SSSR count). The van der Waals surface area contributed by atoms with E-state index < -0.39 is 0 Å². The van der Waals surface area contributed by atoms with E-state index in [4.69, 9.17) is 0 Å². The van der Waals surface area contributed by atoms with E-state index in [1.165, 1.54) is 11.4 Å². The minimum atomic E-state index is 0.0801. The topological polar surface area (TPSA) is 66.8 Å². The van der Waals surface area contributed by atoms with Crippen LogP contribution in [0.4, 0.5) is 0 Å². The van der Waals surface area contributed by atoms with E-state index in [1.807, 2.05) is 30.6 Å². The summed E-state index contributed by atoms with van der Waals surface area (Å²) >= 11 is 0. The monoisotopic (exact) mass is 375 g/mol. The van der Waals surface area contributed by atoms with Crippen LogP contribution in [0.3, 0.4) is 0 Å². The summed E-state index contributed by atoms with van der Waals surface area (Å²) in [5.41, 5.74) is 3.51. The predicted molar refractivity (Wildman–Crippen MR) is 107 cm³/mol. The van der Waals surface area contributed by atoms with Crippen LogP contribution in [-0.4, -0.2) is 43.6 Å². The Kier molecular flexibility index (Phi) is 4.47. The normalized spacial score (nSPS) is 20.1. The van der Waals surface area contributed by atoms with Crippen molar-refractivity contribution in [1.82, 2.24) is 24.6 Å². The van der Waals surface area contributed by atoms with E-state index in [1.54, 1.807) is 0 Å². The molecule has 1 fully saturated rings. The van der Waals surface area contributed by atoms with Gasteiger partial charge >= 0.3 is 0 Å². The molecule has 28 heavy (non-hydrogen) atoms. The first-order valence-electron chi connectivity index (χ1n) is 10.2. The molecule has 1 unspecified atom stereocenters. The molecule has 1 amide bonds. The van der Waals surface area contributed by atoms with Gasteiger partial charge in [0.05, 0.1) is 0 Å². The molecule has 3 aromatic rings. The minimum absolute atomic E-state index is 0.0801. The Balaban J connectivity index is 1.24. The highest BCUT2D eigenvalue weighted by Crippen LogP contribution is 2.31. The number of carbonyl (C=O) groups excluding carboxylic acids is 1. The number of nitrogens with zero attached hydrogens (tertiary/aromatic N) is 4. The number of hydrogen-bond donors (Lipinski definition) is 1. The zero-order chi connectivity index (χ0) is 18.9. The summed E-state index contributed by atoms with van der Waals surface area (Å²) in [7, 11) is 0. The fourth-order valence-electron chi connectivity index (χ4n) is 4.65. The molecule has 1 N–H and O–H groups in total. The van der Waals surface area contributed by atoms with Gasteiger partial charge in [-0.15, -0.1) is 0 Å². The summed E-state index contributed by atoms with van der Waals surface area (Å²) in [4.78, 5) is 19.8. The molecule has 0 radical (unpaired) electrons. The van der Waals surface area contributed by atoms with Crippen LogP contribution in [0.25, 0.3) is 11.4 Å². The highest BCUT2D eigenvalue weighted by atomic mass is 16.2. The van der Waals surface area contributed by atoms with Crippen molar-refractivity contribution in [3.05, 3.63) is 60.2 Å². The Morgan fingerprint density at radius 2 is 1.86 bits per heavy atom. The predicted octanol–water partition coefficient (Wildman–Crippen LogP) is 3.24. The molecular weight excluding hydrogens is 350 g/mol. The molecule has 2 aromatic heterocycles. The summed E-state index contributed by atoms with van der Waals surface area (Å²) in [5.74, 6) is 1.91. The number of likely N-dealkylation sites (tertiary alicyclic amines) is 1. The number of hydrogen-bond acceptors (Lipinski definition) is 3. The van der Waals surface area contributed by atoms with Crippen molar-refractivity contribution in [2.45, 2.75) is 38.1 Å². The van der Waals surface area contributed by atoms with Crippen LogP contribution in [0.15, 0.2) is 48.8 Å². The number of benzene rings is 1. The Labute approximate surface area is 164 Å². The highest BCUT2D eigenvalue weighted by Gasteiger charge is 2.32. The Morgan fingerprint density at radius 3 is 2.61 bits per heavy atom. The summed E-state index contributed by atoms with van der Waals surface area (Å²) in [6.45, 7) is 2.54. The first-order valence-corrected chi connectivity index (χ1v) is 10.2. The second-order valence-electron chi connectivity index (χ2n) is 7.89. The second-order valence-corrected chi connectivity index (χ2v) is 7.89. The number of rotatable bonds is 3. The SMILES string of the molecule is O=C(C1CCn2c(cnc2-c2ccccc2)C1)N1CCC(c2ccn[nH]2)CC1. The standard InChI is InChI=1S/C22H25N5O/c28-22(26-11-7-16(8-12-26)20-6-10-24-25-20)18-9-13-27-19(14-18)15-23-21(27)17-4-2-1-3-5-17/h1-6,10,15-16,18H,7-9,11-14H2,(H,24,25). The van der Waals surface area contributed by atoms with Gasteiger partial charge in [-0.3, -0.25) is 9.89 Å². The van der Waals surface area contributed by atoms with Gasteiger partial charge in [0.2, 0.25) is 5.91 Å². The van der Waals surface area contributed by atoms with E-state index in [2.05, 4.69) is 42.8 Å². The van der Waals surface area contributed by atoms with Gasteiger partial charge in [-0.05, 0) is 25.3 Å². The van der Waals surface area contributed by atoms with Crippen molar-refractivity contribution in [1.29, 1.82) is 0 Å². The van der Waals surface area contributed by atoms with Gasteiger partial charge in [0.15, 0.2) is 0 Å². The zero-order valence-corrected chi connectivity index (χ0v) is 15.9. The van der Waals surface area contributed by atoms with E-state index in [0.717, 1.165) is 56.7 Å².